The number of hydrogen-bond acceptors (Lipinski definition) is 4. The highest BCUT2D eigenvalue weighted by atomic mass is 16.5. The van der Waals surface area contributed by atoms with E-state index in [1.54, 1.807) is 7.11 Å². The number of methoxy groups -OCH3 is 1. The van der Waals surface area contributed by atoms with Gasteiger partial charge in [0.1, 0.15) is 11.6 Å². The molecule has 1 aromatic heterocycles. The van der Waals surface area contributed by atoms with Crippen molar-refractivity contribution in [2.75, 3.05) is 31.6 Å². The Hall–Kier alpha value is -1.81. The minimum absolute atomic E-state index is 0.120. The monoisotopic (exact) mass is 271 g/mol. The zero-order valence-electron chi connectivity index (χ0n) is 12.3. The van der Waals surface area contributed by atoms with Crippen molar-refractivity contribution in [1.29, 1.82) is 0 Å². The van der Waals surface area contributed by atoms with Gasteiger partial charge in [-0.05, 0) is 43.5 Å². The number of pyridine rings is 1. The molecule has 0 unspecified atom stereocenters. The second-order valence-corrected chi connectivity index (χ2v) is 5.95. The van der Waals surface area contributed by atoms with Crippen LogP contribution in [-0.4, -0.2) is 37.3 Å². The highest BCUT2D eigenvalue weighted by Gasteiger charge is 2.27. The Kier molecular flexibility index (Phi) is 3.26. The number of aromatic nitrogens is 1. The van der Waals surface area contributed by atoms with Crippen LogP contribution < -0.4 is 15.0 Å². The van der Waals surface area contributed by atoms with Crippen LogP contribution in [0.15, 0.2) is 30.5 Å². The maximum absolute atomic E-state index is 5.30. The molecule has 1 aliphatic heterocycles. The summed E-state index contributed by atoms with van der Waals surface area (Å²) in [5.41, 5.74) is 0.120. The van der Waals surface area contributed by atoms with E-state index in [1.807, 2.05) is 18.3 Å². The zero-order chi connectivity index (χ0) is 14.2. The van der Waals surface area contributed by atoms with Crippen molar-refractivity contribution in [3.8, 4) is 5.75 Å². The SMILES string of the molecule is COc1ccc2c(N3CCNC(C)(C)C3)nccc2c1. The number of nitrogens with one attached hydrogen (secondary N) is 1. The number of fused-ring (bicyclic) bond motifs is 1. The summed E-state index contributed by atoms with van der Waals surface area (Å²) in [5, 5.41) is 5.89. The molecule has 3 rings (SSSR count). The highest BCUT2D eigenvalue weighted by Crippen LogP contribution is 2.29. The first kappa shape index (κ1) is 13.2. The Morgan fingerprint density at radius 2 is 2.15 bits per heavy atom. The molecule has 0 atom stereocenters. The molecular weight excluding hydrogens is 250 g/mol. The molecule has 0 spiro atoms. The van der Waals surface area contributed by atoms with Gasteiger partial charge in [0.15, 0.2) is 0 Å². The van der Waals surface area contributed by atoms with Gasteiger partial charge in [0.25, 0.3) is 0 Å². The predicted molar refractivity (Wildman–Crippen MR) is 82.6 cm³/mol. The van der Waals surface area contributed by atoms with Crippen molar-refractivity contribution in [1.82, 2.24) is 10.3 Å². The Morgan fingerprint density at radius 3 is 2.90 bits per heavy atom. The molecule has 2 aromatic rings. The molecule has 1 saturated heterocycles. The van der Waals surface area contributed by atoms with E-state index in [2.05, 4.69) is 41.2 Å². The van der Waals surface area contributed by atoms with Gasteiger partial charge in [0.05, 0.1) is 7.11 Å². The van der Waals surface area contributed by atoms with Gasteiger partial charge in [-0.25, -0.2) is 4.98 Å². The first-order valence-electron chi connectivity index (χ1n) is 7.02. The summed E-state index contributed by atoms with van der Waals surface area (Å²) in [6, 6.07) is 8.20. The molecular formula is C16H21N3O. The predicted octanol–water partition coefficient (Wildman–Crippen LogP) is 2.43. The van der Waals surface area contributed by atoms with Crippen LogP contribution in [0.4, 0.5) is 5.82 Å². The van der Waals surface area contributed by atoms with Gasteiger partial charge < -0.3 is 15.0 Å². The van der Waals surface area contributed by atoms with Crippen LogP contribution in [0.2, 0.25) is 0 Å². The van der Waals surface area contributed by atoms with E-state index < -0.39 is 0 Å². The van der Waals surface area contributed by atoms with Crippen molar-refractivity contribution in [2.24, 2.45) is 0 Å². The number of benzene rings is 1. The fourth-order valence-electron chi connectivity index (χ4n) is 2.84. The van der Waals surface area contributed by atoms with Crippen molar-refractivity contribution < 1.29 is 4.74 Å². The smallest absolute Gasteiger partial charge is 0.136 e. The lowest BCUT2D eigenvalue weighted by Crippen LogP contribution is -2.57. The van der Waals surface area contributed by atoms with Gasteiger partial charge in [-0.1, -0.05) is 0 Å². The van der Waals surface area contributed by atoms with Gasteiger partial charge in [-0.3, -0.25) is 0 Å². The fraction of sp³-hybridized carbons (Fsp3) is 0.438. The molecule has 0 amide bonds. The topological polar surface area (TPSA) is 37.4 Å². The molecule has 0 radical (unpaired) electrons. The van der Waals surface area contributed by atoms with E-state index in [4.69, 9.17) is 4.74 Å². The third kappa shape index (κ3) is 2.43. The molecule has 0 aliphatic carbocycles. The second kappa shape index (κ2) is 4.94. The lowest BCUT2D eigenvalue weighted by molar-refractivity contribution is 0.352. The summed E-state index contributed by atoms with van der Waals surface area (Å²) in [7, 11) is 1.70. The maximum atomic E-state index is 5.30. The van der Waals surface area contributed by atoms with Crippen molar-refractivity contribution in [3.63, 3.8) is 0 Å². The number of nitrogens with zero attached hydrogens (tertiary/aromatic N) is 2. The van der Waals surface area contributed by atoms with Crippen LogP contribution in [0.1, 0.15) is 13.8 Å². The van der Waals surface area contributed by atoms with Crippen LogP contribution in [0.25, 0.3) is 10.8 Å². The molecule has 4 nitrogen and oxygen atoms in total. The van der Waals surface area contributed by atoms with E-state index in [9.17, 15) is 0 Å². The van der Waals surface area contributed by atoms with E-state index in [0.29, 0.717) is 0 Å². The lowest BCUT2D eigenvalue weighted by Gasteiger charge is -2.40. The summed E-state index contributed by atoms with van der Waals surface area (Å²) < 4.78 is 5.30. The largest absolute Gasteiger partial charge is 0.497 e. The van der Waals surface area contributed by atoms with Crippen LogP contribution in [-0.2, 0) is 0 Å². The molecule has 2 heterocycles. The van der Waals surface area contributed by atoms with E-state index >= 15 is 0 Å². The van der Waals surface area contributed by atoms with Crippen molar-refractivity contribution in [3.05, 3.63) is 30.5 Å². The molecule has 0 saturated carbocycles. The van der Waals surface area contributed by atoms with Gasteiger partial charge in [-0.2, -0.15) is 0 Å². The normalized spacial score (nSPS) is 18.2. The minimum atomic E-state index is 0.120. The average Bonchev–Trinajstić information content (AvgIpc) is 2.45. The number of rotatable bonds is 2. The summed E-state index contributed by atoms with van der Waals surface area (Å²) in [6.07, 6.45) is 1.88. The molecule has 1 aromatic carbocycles. The molecule has 20 heavy (non-hydrogen) atoms. The standard InChI is InChI=1S/C16H21N3O/c1-16(2)11-19(9-8-18-16)15-14-5-4-13(20-3)10-12(14)6-7-17-15/h4-7,10,18H,8-9,11H2,1-3H3. The van der Waals surface area contributed by atoms with Gasteiger partial charge in [-0.15, -0.1) is 0 Å². The van der Waals surface area contributed by atoms with Crippen LogP contribution >= 0.6 is 0 Å². The zero-order valence-corrected chi connectivity index (χ0v) is 12.3. The summed E-state index contributed by atoms with van der Waals surface area (Å²) in [4.78, 5) is 6.98. The third-order valence-electron chi connectivity index (χ3n) is 3.82. The Labute approximate surface area is 119 Å². The van der Waals surface area contributed by atoms with E-state index in [1.165, 1.54) is 10.8 Å². The Bertz CT molecular complexity index is 624. The van der Waals surface area contributed by atoms with E-state index in [-0.39, 0.29) is 5.54 Å². The molecule has 0 bridgehead atoms. The second-order valence-electron chi connectivity index (χ2n) is 5.95. The third-order valence-corrected chi connectivity index (χ3v) is 3.82. The minimum Gasteiger partial charge on any atom is -0.497 e. The molecule has 1 fully saturated rings. The first-order valence-corrected chi connectivity index (χ1v) is 7.02. The van der Waals surface area contributed by atoms with Crippen LogP contribution in [0, 0.1) is 0 Å². The average molecular weight is 271 g/mol. The Morgan fingerprint density at radius 1 is 1.30 bits per heavy atom. The van der Waals surface area contributed by atoms with Crippen LogP contribution in [0.3, 0.4) is 0 Å². The molecule has 1 N–H and O–H groups in total. The summed E-state index contributed by atoms with van der Waals surface area (Å²) >= 11 is 0. The maximum Gasteiger partial charge on any atom is 0.136 e. The number of hydrogen-bond donors (Lipinski definition) is 1. The van der Waals surface area contributed by atoms with Crippen LogP contribution in [0.5, 0.6) is 5.75 Å². The summed E-state index contributed by atoms with van der Waals surface area (Å²) in [5.74, 6) is 1.95. The van der Waals surface area contributed by atoms with E-state index in [0.717, 1.165) is 31.2 Å². The molecule has 4 heteroatoms. The molecule has 1 aliphatic rings. The van der Waals surface area contributed by atoms with Crippen molar-refractivity contribution >= 4 is 16.6 Å². The van der Waals surface area contributed by atoms with Gasteiger partial charge in [0, 0.05) is 36.8 Å². The quantitative estimate of drug-likeness (QED) is 0.910. The first-order chi connectivity index (χ1) is 9.59. The van der Waals surface area contributed by atoms with Crippen molar-refractivity contribution in [2.45, 2.75) is 19.4 Å². The van der Waals surface area contributed by atoms with Gasteiger partial charge in [0.2, 0.25) is 0 Å². The number of piperazine rings is 1. The fourth-order valence-corrected chi connectivity index (χ4v) is 2.84. The van der Waals surface area contributed by atoms with Gasteiger partial charge >= 0.3 is 0 Å². The lowest BCUT2D eigenvalue weighted by atomic mass is 10.0. The molecule has 106 valence electrons. The number of anilines is 1. The number of ether oxygens (including phenoxy) is 1. The Balaban J connectivity index is 2.03. The highest BCUT2D eigenvalue weighted by molar-refractivity contribution is 5.93. The summed E-state index contributed by atoms with van der Waals surface area (Å²) in [6.45, 7) is 7.40.